The van der Waals surface area contributed by atoms with Gasteiger partial charge in [0.25, 0.3) is 5.91 Å². The zero-order valence-electron chi connectivity index (χ0n) is 25.4. The largest absolute Gasteiger partial charge is 1.00 e. The Morgan fingerprint density at radius 2 is 1.88 bits per heavy atom. The minimum Gasteiger partial charge on any atom is -0.496 e. The topological polar surface area (TPSA) is 69.4 Å². The van der Waals surface area contributed by atoms with Gasteiger partial charge in [-0.3, -0.25) is 9.69 Å². The molecule has 41 heavy (non-hydrogen) atoms. The SMILES string of the molecule is CCCN(CCCC(F)F)Cc1c(OC)cc(C)c2[nH]ccc12.O=C(NC1CC2(CNC2)C1)c1ccccc1.[CH3-].[Cs+]. The molecule has 2 heterocycles. The van der Waals surface area contributed by atoms with Gasteiger partial charge >= 0.3 is 68.9 Å². The monoisotopic (exact) mass is 688 g/mol. The minimum atomic E-state index is -2.22. The molecule has 5 rings (SSSR count). The van der Waals surface area contributed by atoms with Crippen LogP contribution in [0.15, 0.2) is 48.7 Å². The van der Waals surface area contributed by atoms with Gasteiger partial charge in [-0.25, -0.2) is 8.78 Å². The number of carbonyl (C=O) groups excluding carboxylic acids is 1. The van der Waals surface area contributed by atoms with Crippen LogP contribution in [0.5, 0.6) is 5.75 Å². The van der Waals surface area contributed by atoms with Crippen molar-refractivity contribution in [2.45, 2.75) is 65.0 Å². The van der Waals surface area contributed by atoms with Crippen molar-refractivity contribution in [1.82, 2.24) is 20.5 Å². The minimum absolute atomic E-state index is 0. The van der Waals surface area contributed by atoms with Gasteiger partial charge in [0, 0.05) is 60.3 Å². The van der Waals surface area contributed by atoms with Gasteiger partial charge in [-0.05, 0) is 80.9 Å². The number of aromatic nitrogens is 1. The first kappa shape index (κ1) is 36.3. The molecule has 1 amide bonds. The third-order valence-electron chi connectivity index (χ3n) is 7.88. The Morgan fingerprint density at radius 1 is 1.17 bits per heavy atom. The number of hydrogen-bond donors (Lipinski definition) is 3. The van der Waals surface area contributed by atoms with Crippen molar-refractivity contribution < 1.29 is 87.2 Å². The quantitative estimate of drug-likeness (QED) is 0.271. The first-order chi connectivity index (χ1) is 18.8. The van der Waals surface area contributed by atoms with E-state index in [9.17, 15) is 13.6 Å². The number of carbonyl (C=O) groups is 1. The second-order valence-corrected chi connectivity index (χ2v) is 11.0. The molecule has 0 radical (unpaired) electrons. The average Bonchev–Trinajstić information content (AvgIpc) is 3.38. The number of fused-ring (bicyclic) bond motifs is 1. The zero-order chi connectivity index (χ0) is 27.8. The molecule has 2 aliphatic rings. The molecular formula is C32H45CsF2N4O2. The molecule has 1 aliphatic heterocycles. The van der Waals surface area contributed by atoms with E-state index in [1.807, 2.05) is 42.6 Å². The molecule has 1 spiro atoms. The van der Waals surface area contributed by atoms with E-state index >= 15 is 0 Å². The van der Waals surface area contributed by atoms with Gasteiger partial charge < -0.3 is 27.8 Å². The van der Waals surface area contributed by atoms with E-state index in [0.717, 1.165) is 78.8 Å². The maximum absolute atomic E-state index is 12.4. The summed E-state index contributed by atoms with van der Waals surface area (Å²) >= 11 is 0. The van der Waals surface area contributed by atoms with Crippen LogP contribution in [0, 0.1) is 19.8 Å². The van der Waals surface area contributed by atoms with Crippen molar-refractivity contribution >= 4 is 16.8 Å². The third-order valence-corrected chi connectivity index (χ3v) is 7.88. The number of rotatable bonds is 11. The van der Waals surface area contributed by atoms with Gasteiger partial charge in [-0.1, -0.05) is 25.1 Å². The fraction of sp³-hybridized carbons (Fsp3) is 0.500. The Kier molecular flexibility index (Phi) is 15.4. The summed E-state index contributed by atoms with van der Waals surface area (Å²) in [6.45, 7) is 8.72. The van der Waals surface area contributed by atoms with E-state index in [-0.39, 0.29) is 88.6 Å². The van der Waals surface area contributed by atoms with Crippen LogP contribution in [0.1, 0.15) is 60.5 Å². The van der Waals surface area contributed by atoms with Crippen molar-refractivity contribution in [2.24, 2.45) is 5.41 Å². The molecule has 1 saturated heterocycles. The zero-order valence-corrected chi connectivity index (χ0v) is 31.6. The maximum Gasteiger partial charge on any atom is 1.00 e. The van der Waals surface area contributed by atoms with Gasteiger partial charge in [0.15, 0.2) is 0 Å². The van der Waals surface area contributed by atoms with Crippen LogP contribution in [0.4, 0.5) is 8.78 Å². The van der Waals surface area contributed by atoms with Crippen LogP contribution in [-0.2, 0) is 6.54 Å². The molecule has 1 saturated carbocycles. The van der Waals surface area contributed by atoms with Crippen LogP contribution in [-0.4, -0.2) is 61.5 Å². The predicted octanol–water partition coefficient (Wildman–Crippen LogP) is 3.36. The molecule has 3 aromatic rings. The number of halogens is 2. The Hall–Kier alpha value is -0.918. The van der Waals surface area contributed by atoms with Crippen LogP contribution >= 0.6 is 0 Å². The molecule has 0 bridgehead atoms. The van der Waals surface area contributed by atoms with Gasteiger partial charge in [0.05, 0.1) is 7.11 Å². The standard InChI is InChI=1S/C18H26F2N2O.C13H16N2O.CH3.Cs/c1-4-9-22(10-5-6-17(19)20)12-15-14-7-8-21-18(14)13(2)11-16(15)23-3;16-12(10-4-2-1-3-5-10)15-11-6-13(7-11)8-14-9-13;;/h7-8,11,17,21H,4-6,9-10,12H2,1-3H3;1-5,11,14H,6-9H2,(H,15,16);1H3;/q;;-1;+1. The smallest absolute Gasteiger partial charge is 0.496 e. The summed E-state index contributed by atoms with van der Waals surface area (Å²) in [4.78, 5) is 17.3. The number of methoxy groups -OCH3 is 1. The number of ether oxygens (including phenoxy) is 1. The maximum atomic E-state index is 12.4. The fourth-order valence-electron chi connectivity index (χ4n) is 5.77. The number of amides is 1. The van der Waals surface area contributed by atoms with E-state index < -0.39 is 6.43 Å². The van der Waals surface area contributed by atoms with Gasteiger partial charge in [0.1, 0.15) is 5.75 Å². The van der Waals surface area contributed by atoms with Gasteiger partial charge in [-0.2, -0.15) is 0 Å². The van der Waals surface area contributed by atoms with Crippen molar-refractivity contribution in [2.75, 3.05) is 33.3 Å². The summed E-state index contributed by atoms with van der Waals surface area (Å²) < 4.78 is 30.3. The summed E-state index contributed by atoms with van der Waals surface area (Å²) in [5, 5.41) is 7.54. The Bertz CT molecular complexity index is 1210. The molecule has 1 aromatic heterocycles. The second kappa shape index (κ2) is 17.4. The number of hydrogen-bond acceptors (Lipinski definition) is 4. The fourth-order valence-corrected chi connectivity index (χ4v) is 5.77. The van der Waals surface area contributed by atoms with Crippen molar-refractivity contribution in [3.05, 3.63) is 72.8 Å². The molecule has 1 aliphatic carbocycles. The first-order valence-electron chi connectivity index (χ1n) is 14.0. The molecule has 220 valence electrons. The Balaban J connectivity index is 0.000000287. The van der Waals surface area contributed by atoms with Gasteiger partial charge in [0.2, 0.25) is 6.43 Å². The molecule has 0 atom stereocenters. The normalized spacial score (nSPS) is 15.3. The molecule has 2 fully saturated rings. The van der Waals surface area contributed by atoms with Crippen LogP contribution in [0.25, 0.3) is 10.9 Å². The van der Waals surface area contributed by atoms with E-state index in [4.69, 9.17) is 4.74 Å². The molecule has 2 aromatic carbocycles. The molecule has 3 N–H and O–H groups in total. The van der Waals surface area contributed by atoms with Crippen LogP contribution in [0.3, 0.4) is 0 Å². The van der Waals surface area contributed by atoms with Crippen molar-refractivity contribution in [1.29, 1.82) is 0 Å². The number of benzene rings is 2. The molecule has 6 nitrogen and oxygen atoms in total. The molecule has 9 heteroatoms. The number of alkyl halides is 2. The van der Waals surface area contributed by atoms with Gasteiger partial charge in [-0.15, -0.1) is 0 Å². The van der Waals surface area contributed by atoms with Crippen molar-refractivity contribution in [3.63, 3.8) is 0 Å². The summed E-state index contributed by atoms with van der Waals surface area (Å²) in [6, 6.07) is 13.9. The predicted molar refractivity (Wildman–Crippen MR) is 159 cm³/mol. The second-order valence-electron chi connectivity index (χ2n) is 11.0. The number of aryl methyl sites for hydroxylation is 1. The van der Waals surface area contributed by atoms with E-state index in [1.54, 1.807) is 7.11 Å². The Morgan fingerprint density at radius 3 is 2.46 bits per heavy atom. The number of aromatic amines is 1. The molecule has 0 unspecified atom stereocenters. The van der Waals surface area contributed by atoms with E-state index in [2.05, 4.69) is 40.4 Å². The number of nitrogens with zero attached hydrogens (tertiary/aromatic N) is 1. The first-order valence-corrected chi connectivity index (χ1v) is 14.0. The summed E-state index contributed by atoms with van der Waals surface area (Å²) in [5.74, 6) is 0.928. The average molecular weight is 689 g/mol. The Labute approximate surface area is 303 Å². The molecular weight excluding hydrogens is 643 g/mol. The van der Waals surface area contributed by atoms with Crippen LogP contribution in [0.2, 0.25) is 0 Å². The van der Waals surface area contributed by atoms with Crippen LogP contribution < -0.4 is 84.3 Å². The third kappa shape index (κ3) is 9.79. The summed E-state index contributed by atoms with van der Waals surface area (Å²) in [5.41, 5.74) is 4.67. The summed E-state index contributed by atoms with van der Waals surface area (Å²) in [6.07, 6.45) is 3.47. The van der Waals surface area contributed by atoms with Crippen molar-refractivity contribution in [3.8, 4) is 5.75 Å². The van der Waals surface area contributed by atoms with E-state index in [1.165, 1.54) is 0 Å². The number of H-pyrrole nitrogens is 1. The van der Waals surface area contributed by atoms with E-state index in [0.29, 0.717) is 24.4 Å². The summed E-state index contributed by atoms with van der Waals surface area (Å²) in [7, 11) is 1.68. The number of nitrogens with one attached hydrogen (secondary N) is 3.